The van der Waals surface area contributed by atoms with Crippen molar-refractivity contribution < 1.29 is 4.74 Å². The third-order valence-electron chi connectivity index (χ3n) is 2.46. The number of thiophene rings is 1. The van der Waals surface area contributed by atoms with E-state index in [9.17, 15) is 0 Å². The molecule has 0 saturated carbocycles. The minimum Gasteiger partial charge on any atom is -0.488 e. The minimum atomic E-state index is -0.0555. The number of hydrogen-bond donors (Lipinski definition) is 1. The molecule has 0 aliphatic rings. The van der Waals surface area contributed by atoms with Crippen molar-refractivity contribution in [3.63, 3.8) is 0 Å². The first-order chi connectivity index (χ1) is 8.56. The van der Waals surface area contributed by atoms with Gasteiger partial charge in [-0.1, -0.05) is 33.6 Å². The first-order valence-electron chi connectivity index (χ1n) is 5.48. The van der Waals surface area contributed by atoms with E-state index in [1.807, 2.05) is 37.3 Å². The lowest BCUT2D eigenvalue weighted by Crippen LogP contribution is -2.07. The number of halogens is 2. The summed E-state index contributed by atoms with van der Waals surface area (Å²) in [5, 5.41) is 0. The van der Waals surface area contributed by atoms with Crippen LogP contribution in [0.15, 0.2) is 34.8 Å². The Morgan fingerprint density at radius 1 is 1.39 bits per heavy atom. The van der Waals surface area contributed by atoms with Crippen molar-refractivity contribution in [3.8, 4) is 5.75 Å². The average Bonchev–Trinajstić information content (AvgIpc) is 2.72. The number of rotatable bonds is 4. The summed E-state index contributed by atoms with van der Waals surface area (Å²) in [5.74, 6) is 0.809. The molecule has 2 rings (SSSR count). The largest absolute Gasteiger partial charge is 0.488 e. The van der Waals surface area contributed by atoms with Gasteiger partial charge in [0.05, 0.1) is 4.34 Å². The summed E-state index contributed by atoms with van der Waals surface area (Å²) in [7, 11) is 0. The normalized spacial score (nSPS) is 12.4. The second-order valence-electron chi connectivity index (χ2n) is 3.97. The Hall–Kier alpha value is -0.550. The number of nitrogens with two attached hydrogens (primary N) is 1. The van der Waals surface area contributed by atoms with Crippen LogP contribution in [0, 0.1) is 0 Å². The molecule has 2 aromatic rings. The first kappa shape index (κ1) is 13.9. The molecule has 0 saturated heterocycles. The van der Waals surface area contributed by atoms with E-state index < -0.39 is 0 Å². The molecule has 2 nitrogen and oxygen atoms in total. The van der Waals surface area contributed by atoms with E-state index in [1.54, 1.807) is 0 Å². The van der Waals surface area contributed by atoms with Gasteiger partial charge in [0.15, 0.2) is 0 Å². The van der Waals surface area contributed by atoms with Crippen molar-refractivity contribution in [1.82, 2.24) is 0 Å². The predicted molar refractivity (Wildman–Crippen MR) is 80.4 cm³/mol. The molecule has 1 aromatic heterocycles. The highest BCUT2D eigenvalue weighted by Crippen LogP contribution is 2.29. The Morgan fingerprint density at radius 3 is 2.78 bits per heavy atom. The summed E-state index contributed by atoms with van der Waals surface area (Å²) in [6.07, 6.45) is 0. The van der Waals surface area contributed by atoms with E-state index in [4.69, 9.17) is 22.1 Å². The zero-order chi connectivity index (χ0) is 13.1. The molecule has 0 fully saturated rings. The van der Waals surface area contributed by atoms with Gasteiger partial charge in [0.25, 0.3) is 0 Å². The molecule has 0 radical (unpaired) electrons. The Labute approximate surface area is 124 Å². The molecule has 0 aliphatic carbocycles. The minimum absolute atomic E-state index is 0.0555. The fourth-order valence-electron chi connectivity index (χ4n) is 1.59. The van der Waals surface area contributed by atoms with Gasteiger partial charge in [0.2, 0.25) is 0 Å². The van der Waals surface area contributed by atoms with Crippen LogP contribution in [0.3, 0.4) is 0 Å². The maximum atomic E-state index is 5.92. The predicted octanol–water partition coefficient (Wildman–Crippen LogP) is 4.76. The topological polar surface area (TPSA) is 35.2 Å². The highest BCUT2D eigenvalue weighted by atomic mass is 79.9. The molecule has 18 heavy (non-hydrogen) atoms. The van der Waals surface area contributed by atoms with Gasteiger partial charge in [-0.05, 0) is 31.2 Å². The molecule has 1 aromatic carbocycles. The van der Waals surface area contributed by atoms with Gasteiger partial charge < -0.3 is 10.5 Å². The standard InChI is InChI=1S/C13H13BrClNOS/c1-8(16)11-4-2-9(14)6-12(11)17-7-10-3-5-13(15)18-10/h2-6,8H,7,16H2,1H3. The van der Waals surface area contributed by atoms with Crippen molar-refractivity contribution in [2.75, 3.05) is 0 Å². The molecule has 5 heteroatoms. The van der Waals surface area contributed by atoms with Crippen LogP contribution in [0.25, 0.3) is 0 Å². The van der Waals surface area contributed by atoms with Gasteiger partial charge in [-0.25, -0.2) is 0 Å². The van der Waals surface area contributed by atoms with E-state index in [0.717, 1.165) is 25.0 Å². The van der Waals surface area contributed by atoms with Crippen LogP contribution in [0.5, 0.6) is 5.75 Å². The summed E-state index contributed by atoms with van der Waals surface area (Å²) < 4.78 is 7.57. The van der Waals surface area contributed by atoms with Gasteiger partial charge in [-0.15, -0.1) is 11.3 Å². The van der Waals surface area contributed by atoms with Crippen LogP contribution < -0.4 is 10.5 Å². The van der Waals surface area contributed by atoms with Crippen LogP contribution >= 0.6 is 38.9 Å². The Bertz CT molecular complexity index is 542. The number of ether oxygens (including phenoxy) is 1. The zero-order valence-corrected chi connectivity index (χ0v) is 13.0. The molecule has 0 amide bonds. The molecule has 96 valence electrons. The smallest absolute Gasteiger partial charge is 0.125 e. The summed E-state index contributed by atoms with van der Waals surface area (Å²) in [6, 6.07) is 9.67. The van der Waals surface area contributed by atoms with Crippen LogP contribution in [-0.4, -0.2) is 0 Å². The fraction of sp³-hybridized carbons (Fsp3) is 0.231. The Morgan fingerprint density at radius 2 is 2.17 bits per heavy atom. The highest BCUT2D eigenvalue weighted by molar-refractivity contribution is 9.10. The van der Waals surface area contributed by atoms with Crippen molar-refractivity contribution >= 4 is 38.9 Å². The molecule has 2 N–H and O–H groups in total. The SMILES string of the molecule is CC(N)c1ccc(Br)cc1OCc1ccc(Cl)s1. The number of hydrogen-bond acceptors (Lipinski definition) is 3. The van der Waals surface area contributed by atoms with Gasteiger partial charge in [0, 0.05) is 21.0 Å². The van der Waals surface area contributed by atoms with E-state index >= 15 is 0 Å². The fourth-order valence-corrected chi connectivity index (χ4v) is 2.93. The van der Waals surface area contributed by atoms with Crippen LogP contribution in [0.1, 0.15) is 23.4 Å². The molecule has 1 atom stereocenters. The van der Waals surface area contributed by atoms with Crippen LogP contribution in [0.4, 0.5) is 0 Å². The third-order valence-corrected chi connectivity index (χ3v) is 4.16. The Kier molecular flexibility index (Phi) is 4.67. The Balaban J connectivity index is 2.15. The maximum Gasteiger partial charge on any atom is 0.125 e. The molecule has 0 spiro atoms. The lowest BCUT2D eigenvalue weighted by atomic mass is 10.1. The highest BCUT2D eigenvalue weighted by Gasteiger charge is 2.09. The molecular weight excluding hydrogens is 334 g/mol. The van der Waals surface area contributed by atoms with Crippen molar-refractivity contribution in [3.05, 3.63) is 49.6 Å². The zero-order valence-electron chi connectivity index (χ0n) is 9.82. The third kappa shape index (κ3) is 3.48. The van der Waals surface area contributed by atoms with Crippen molar-refractivity contribution in [2.24, 2.45) is 5.73 Å². The van der Waals surface area contributed by atoms with E-state index in [-0.39, 0.29) is 6.04 Å². The first-order valence-corrected chi connectivity index (χ1v) is 7.47. The summed E-state index contributed by atoms with van der Waals surface area (Å²) in [4.78, 5) is 1.09. The second kappa shape index (κ2) is 6.06. The van der Waals surface area contributed by atoms with Gasteiger partial charge in [-0.3, -0.25) is 0 Å². The molecule has 0 bridgehead atoms. The summed E-state index contributed by atoms with van der Waals surface area (Å²) >= 11 is 10.8. The van der Waals surface area contributed by atoms with Gasteiger partial charge in [-0.2, -0.15) is 0 Å². The van der Waals surface area contributed by atoms with Crippen molar-refractivity contribution in [2.45, 2.75) is 19.6 Å². The van der Waals surface area contributed by atoms with Crippen LogP contribution in [-0.2, 0) is 6.61 Å². The van der Waals surface area contributed by atoms with E-state index in [2.05, 4.69) is 15.9 Å². The van der Waals surface area contributed by atoms with Gasteiger partial charge >= 0.3 is 0 Å². The molecule has 1 unspecified atom stereocenters. The molecular formula is C13H13BrClNOS. The van der Waals surface area contributed by atoms with E-state index in [1.165, 1.54) is 11.3 Å². The average molecular weight is 347 g/mol. The van der Waals surface area contributed by atoms with Crippen LogP contribution in [0.2, 0.25) is 4.34 Å². The summed E-state index contributed by atoms with van der Waals surface area (Å²) in [5.41, 5.74) is 6.92. The molecule has 0 aliphatic heterocycles. The maximum absolute atomic E-state index is 5.92. The lowest BCUT2D eigenvalue weighted by molar-refractivity contribution is 0.305. The quantitative estimate of drug-likeness (QED) is 0.866. The number of benzene rings is 1. The second-order valence-corrected chi connectivity index (χ2v) is 6.68. The lowest BCUT2D eigenvalue weighted by Gasteiger charge is -2.14. The summed E-state index contributed by atoms with van der Waals surface area (Å²) in [6.45, 7) is 2.45. The van der Waals surface area contributed by atoms with Gasteiger partial charge in [0.1, 0.15) is 12.4 Å². The van der Waals surface area contributed by atoms with E-state index in [0.29, 0.717) is 6.61 Å². The van der Waals surface area contributed by atoms with Crippen molar-refractivity contribution in [1.29, 1.82) is 0 Å². The monoisotopic (exact) mass is 345 g/mol. The molecule has 1 heterocycles.